The van der Waals surface area contributed by atoms with Crippen molar-refractivity contribution < 1.29 is 22.7 Å². The van der Waals surface area contributed by atoms with Crippen LogP contribution in [0.5, 0.6) is 5.75 Å². The highest BCUT2D eigenvalue weighted by atomic mass is 19.3. The number of aryl methyl sites for hydroxylation is 1. The summed E-state index contributed by atoms with van der Waals surface area (Å²) >= 11 is 0. The van der Waals surface area contributed by atoms with Crippen LogP contribution in [0, 0.1) is 6.92 Å². The van der Waals surface area contributed by atoms with E-state index in [1.807, 2.05) is 30.3 Å². The highest BCUT2D eigenvalue weighted by molar-refractivity contribution is 5.92. The van der Waals surface area contributed by atoms with Crippen molar-refractivity contribution in [3.05, 3.63) is 66.1 Å². The average molecular weight is 358 g/mol. The molecule has 0 aliphatic rings. The summed E-state index contributed by atoms with van der Waals surface area (Å²) in [4.78, 5) is 16.6. The van der Waals surface area contributed by atoms with Crippen LogP contribution in [-0.4, -0.2) is 17.5 Å². The quantitative estimate of drug-likeness (QED) is 0.708. The van der Waals surface area contributed by atoms with Crippen LogP contribution in [0.1, 0.15) is 11.5 Å². The number of alkyl halides is 2. The van der Waals surface area contributed by atoms with Gasteiger partial charge in [-0.1, -0.05) is 18.2 Å². The van der Waals surface area contributed by atoms with E-state index in [9.17, 15) is 13.6 Å². The zero-order chi connectivity index (χ0) is 18.5. The summed E-state index contributed by atoms with van der Waals surface area (Å²) < 4.78 is 34.1. The van der Waals surface area contributed by atoms with Gasteiger partial charge in [-0.15, -0.1) is 0 Å². The van der Waals surface area contributed by atoms with Crippen molar-refractivity contribution in [2.24, 2.45) is 0 Å². The van der Waals surface area contributed by atoms with Crippen LogP contribution in [0.15, 0.2) is 59.0 Å². The maximum Gasteiger partial charge on any atom is 0.387 e. The van der Waals surface area contributed by atoms with Crippen LogP contribution in [0.4, 0.5) is 14.5 Å². The lowest BCUT2D eigenvalue weighted by Gasteiger charge is -2.07. The molecule has 26 heavy (non-hydrogen) atoms. The molecule has 5 nitrogen and oxygen atoms in total. The Morgan fingerprint density at radius 1 is 1.15 bits per heavy atom. The highest BCUT2D eigenvalue weighted by Crippen LogP contribution is 2.22. The van der Waals surface area contributed by atoms with Crippen molar-refractivity contribution in [2.75, 3.05) is 5.32 Å². The van der Waals surface area contributed by atoms with Crippen LogP contribution in [0.3, 0.4) is 0 Å². The molecule has 0 fully saturated rings. The number of nitrogens with zero attached hydrogens (tertiary/aromatic N) is 1. The highest BCUT2D eigenvalue weighted by Gasteiger charge is 2.15. The maximum absolute atomic E-state index is 12.2. The standard InChI is InChI=1S/C19H16F2N2O3/c1-12-16(23-18(25-12)13-5-3-2-4-6-13)11-17(24)22-14-7-9-15(10-8-14)26-19(20)21/h2-10,19H,11H2,1H3,(H,22,24). The molecule has 0 saturated carbocycles. The lowest BCUT2D eigenvalue weighted by Crippen LogP contribution is -2.15. The number of amides is 1. The number of hydrogen-bond acceptors (Lipinski definition) is 4. The first-order valence-corrected chi connectivity index (χ1v) is 7.88. The number of nitrogens with one attached hydrogen (secondary N) is 1. The molecule has 2 aromatic carbocycles. The minimum atomic E-state index is -2.88. The van der Waals surface area contributed by atoms with Crippen molar-refractivity contribution >= 4 is 11.6 Å². The van der Waals surface area contributed by atoms with E-state index in [2.05, 4.69) is 15.0 Å². The monoisotopic (exact) mass is 358 g/mol. The molecule has 0 saturated heterocycles. The van der Waals surface area contributed by atoms with Gasteiger partial charge >= 0.3 is 6.61 Å². The van der Waals surface area contributed by atoms with Gasteiger partial charge in [-0.25, -0.2) is 4.98 Å². The number of halogens is 2. The number of rotatable bonds is 6. The molecule has 1 heterocycles. The van der Waals surface area contributed by atoms with Gasteiger partial charge in [-0.3, -0.25) is 4.79 Å². The molecular weight excluding hydrogens is 342 g/mol. The van der Waals surface area contributed by atoms with Gasteiger partial charge in [0.25, 0.3) is 0 Å². The van der Waals surface area contributed by atoms with Gasteiger partial charge in [0.1, 0.15) is 11.5 Å². The van der Waals surface area contributed by atoms with E-state index in [0.29, 0.717) is 23.0 Å². The number of ether oxygens (including phenoxy) is 1. The van der Waals surface area contributed by atoms with Crippen molar-refractivity contribution in [1.29, 1.82) is 0 Å². The first kappa shape index (κ1) is 17.6. The first-order valence-electron chi connectivity index (χ1n) is 7.88. The number of oxazole rings is 1. The number of carbonyl (C=O) groups excluding carboxylic acids is 1. The minimum absolute atomic E-state index is 0.0258. The van der Waals surface area contributed by atoms with E-state index in [0.717, 1.165) is 5.56 Å². The SMILES string of the molecule is Cc1oc(-c2ccccc2)nc1CC(=O)Nc1ccc(OC(F)F)cc1. The molecular formula is C19H16F2N2O3. The maximum atomic E-state index is 12.2. The van der Waals surface area contributed by atoms with Gasteiger partial charge < -0.3 is 14.5 Å². The van der Waals surface area contributed by atoms with Crippen molar-refractivity contribution in [1.82, 2.24) is 4.98 Å². The van der Waals surface area contributed by atoms with E-state index < -0.39 is 6.61 Å². The van der Waals surface area contributed by atoms with E-state index in [1.54, 1.807) is 6.92 Å². The molecule has 0 bridgehead atoms. The predicted molar refractivity (Wildman–Crippen MR) is 92.1 cm³/mol. The summed E-state index contributed by atoms with van der Waals surface area (Å²) in [5.74, 6) is 0.764. The minimum Gasteiger partial charge on any atom is -0.441 e. The van der Waals surface area contributed by atoms with Crippen molar-refractivity contribution in [2.45, 2.75) is 20.0 Å². The molecule has 134 valence electrons. The second-order valence-electron chi connectivity index (χ2n) is 5.52. The molecule has 7 heteroatoms. The van der Waals surface area contributed by atoms with E-state index in [1.165, 1.54) is 24.3 Å². The van der Waals surface area contributed by atoms with Gasteiger partial charge in [-0.05, 0) is 43.3 Å². The molecule has 0 aliphatic heterocycles. The summed E-state index contributed by atoms with van der Waals surface area (Å²) in [6.45, 7) is -1.14. The third-order valence-corrected chi connectivity index (χ3v) is 3.60. The second-order valence-corrected chi connectivity index (χ2v) is 5.52. The topological polar surface area (TPSA) is 64.4 Å². The molecule has 1 N–H and O–H groups in total. The van der Waals surface area contributed by atoms with Crippen LogP contribution in [0.25, 0.3) is 11.5 Å². The Kier molecular flexibility index (Phi) is 5.26. The fraction of sp³-hybridized carbons (Fsp3) is 0.158. The van der Waals surface area contributed by atoms with Crippen LogP contribution >= 0.6 is 0 Å². The number of benzene rings is 2. The van der Waals surface area contributed by atoms with Gasteiger partial charge in [0.05, 0.1) is 12.1 Å². The summed E-state index contributed by atoms with van der Waals surface area (Å²) in [6.07, 6.45) is 0.0391. The van der Waals surface area contributed by atoms with Gasteiger partial charge in [0.15, 0.2) is 0 Å². The van der Waals surface area contributed by atoms with E-state index in [-0.39, 0.29) is 18.1 Å². The Labute approximate surface area is 148 Å². The van der Waals surface area contributed by atoms with Crippen LogP contribution < -0.4 is 10.1 Å². The van der Waals surface area contributed by atoms with Crippen molar-refractivity contribution in [3.63, 3.8) is 0 Å². The molecule has 1 amide bonds. The summed E-state index contributed by atoms with van der Waals surface area (Å²) in [6, 6.07) is 15.1. The van der Waals surface area contributed by atoms with Gasteiger partial charge in [0.2, 0.25) is 11.8 Å². The summed E-state index contributed by atoms with van der Waals surface area (Å²) in [5.41, 5.74) is 1.84. The predicted octanol–water partition coefficient (Wildman–Crippen LogP) is 4.43. The Balaban J connectivity index is 1.64. The third kappa shape index (κ3) is 4.44. The lowest BCUT2D eigenvalue weighted by molar-refractivity contribution is -0.115. The molecule has 0 atom stereocenters. The molecule has 0 radical (unpaired) electrons. The first-order chi connectivity index (χ1) is 12.5. The molecule has 0 spiro atoms. The second kappa shape index (κ2) is 7.77. The molecule has 0 aliphatic carbocycles. The smallest absolute Gasteiger partial charge is 0.387 e. The molecule has 3 aromatic rings. The van der Waals surface area contributed by atoms with Crippen molar-refractivity contribution in [3.8, 4) is 17.2 Å². The fourth-order valence-corrected chi connectivity index (χ4v) is 2.37. The van der Waals surface area contributed by atoms with E-state index >= 15 is 0 Å². The Morgan fingerprint density at radius 3 is 2.50 bits per heavy atom. The summed E-state index contributed by atoms with van der Waals surface area (Å²) in [5, 5.41) is 2.68. The average Bonchev–Trinajstić information content (AvgIpc) is 2.97. The number of aromatic nitrogens is 1. The molecule has 3 rings (SSSR count). The van der Waals surface area contributed by atoms with Crippen LogP contribution in [-0.2, 0) is 11.2 Å². The Hall–Kier alpha value is -3.22. The molecule has 1 aromatic heterocycles. The van der Waals surface area contributed by atoms with Gasteiger partial charge in [-0.2, -0.15) is 8.78 Å². The number of anilines is 1. The Bertz CT molecular complexity index is 878. The van der Waals surface area contributed by atoms with Gasteiger partial charge in [0, 0.05) is 11.3 Å². The zero-order valence-electron chi connectivity index (χ0n) is 13.9. The fourth-order valence-electron chi connectivity index (χ4n) is 2.37. The lowest BCUT2D eigenvalue weighted by atomic mass is 10.2. The third-order valence-electron chi connectivity index (χ3n) is 3.60. The van der Waals surface area contributed by atoms with Crippen LogP contribution in [0.2, 0.25) is 0 Å². The molecule has 0 unspecified atom stereocenters. The zero-order valence-corrected chi connectivity index (χ0v) is 13.9. The van der Waals surface area contributed by atoms with E-state index in [4.69, 9.17) is 4.42 Å². The number of hydrogen-bond donors (Lipinski definition) is 1. The summed E-state index contributed by atoms with van der Waals surface area (Å²) in [7, 11) is 0. The Morgan fingerprint density at radius 2 is 1.85 bits per heavy atom. The normalized spacial score (nSPS) is 10.8. The number of carbonyl (C=O) groups is 1. The largest absolute Gasteiger partial charge is 0.441 e.